The maximum absolute atomic E-state index is 14.9. The number of phenols is 1. The smallest absolute Gasteiger partial charge is 0.424 e. The molecule has 3 N–H and O–H groups in total. The Kier molecular flexibility index (Phi) is 16.9. The summed E-state index contributed by atoms with van der Waals surface area (Å²) < 4.78 is 26.2. The Labute approximate surface area is 459 Å². The number of amides is 3. The van der Waals surface area contributed by atoms with E-state index in [4.69, 9.17) is 23.9 Å². The van der Waals surface area contributed by atoms with Gasteiger partial charge >= 0.3 is 18.2 Å². The number of nitrogens with zero attached hydrogens (tertiary/aromatic N) is 6. The molecule has 1 unspecified atom stereocenters. The van der Waals surface area contributed by atoms with Gasteiger partial charge in [0.1, 0.15) is 23.6 Å². The molecule has 1 aliphatic heterocycles. The van der Waals surface area contributed by atoms with Gasteiger partial charge < -0.3 is 48.8 Å². The summed E-state index contributed by atoms with van der Waals surface area (Å²) >= 11 is 0. The van der Waals surface area contributed by atoms with Crippen molar-refractivity contribution >= 4 is 40.8 Å². The van der Waals surface area contributed by atoms with Crippen LogP contribution in [0, 0.1) is 0 Å². The van der Waals surface area contributed by atoms with Crippen molar-refractivity contribution < 1.29 is 48.3 Å². The number of piperidine rings is 1. The maximum atomic E-state index is 14.9. The number of aryl methyl sites for hydroxylation is 1. The third-order valence-corrected chi connectivity index (χ3v) is 15.4. The summed E-state index contributed by atoms with van der Waals surface area (Å²) in [4.78, 5) is 62.8. The molecule has 3 aliphatic rings. The predicted octanol–water partition coefficient (Wildman–Crippen LogP) is 10.2. The lowest BCUT2D eigenvalue weighted by atomic mass is 9.94. The van der Waals surface area contributed by atoms with Crippen LogP contribution in [0.25, 0.3) is 33.3 Å². The molecule has 2 aliphatic carbocycles. The molecule has 10 rings (SSSR count). The minimum Gasteiger partial charge on any atom is -0.507 e. The molecular weight excluding hydrogens is 1000 g/mol. The summed E-state index contributed by atoms with van der Waals surface area (Å²) in [6.07, 6.45) is 1.73. The molecule has 5 aromatic carbocycles. The second kappa shape index (κ2) is 24.6. The van der Waals surface area contributed by atoms with Gasteiger partial charge in [-0.2, -0.15) is 0 Å². The number of carboxylic acid groups (broad SMARTS) is 1. The molecule has 79 heavy (non-hydrogen) atoms. The lowest BCUT2D eigenvalue weighted by molar-refractivity contribution is -0.133. The number of aromatic carboxylic acids is 1. The highest BCUT2D eigenvalue weighted by molar-refractivity contribution is 5.91. The van der Waals surface area contributed by atoms with Crippen molar-refractivity contribution in [1.82, 2.24) is 29.4 Å². The van der Waals surface area contributed by atoms with Crippen molar-refractivity contribution in [3.63, 3.8) is 0 Å². The third kappa shape index (κ3) is 11.8. The molecule has 3 amide bonds. The predicted molar refractivity (Wildman–Crippen MR) is 300 cm³/mol. The number of hydrogen-bond acceptors (Lipinski definition) is 12. The number of aromatic nitrogens is 2. The van der Waals surface area contributed by atoms with Crippen LogP contribution >= 0.6 is 0 Å². The standard InChI is InChI=1S/C62H67N7O10/c1-4-33-76-35-36-77-34-32-69(62(75)79-59(64-42-23-24-53(60(72)73)55(70)38-42)57-51-21-11-9-17-47(51)48-18-10-12-22-52(48)57)43-25-29-67(30-26-43)56(71)27-31-68-44(37-41-14-13-28-63-58(41)68)39-65(2)66(3)61(74)78-40-54-49-19-7-5-15-45(49)46-16-6-8-20-50(46)54/h5-24,28,37-38,43,54,57,59,64,70H,4,25-27,29-36,39-40H2,1-3H3,(H,72,73). The van der Waals surface area contributed by atoms with Crippen molar-refractivity contribution in [1.29, 1.82) is 0 Å². The lowest BCUT2D eigenvalue weighted by Gasteiger charge is -2.39. The largest absolute Gasteiger partial charge is 0.507 e. The Morgan fingerprint density at radius 1 is 0.734 bits per heavy atom. The van der Waals surface area contributed by atoms with Gasteiger partial charge in [-0.25, -0.2) is 29.4 Å². The van der Waals surface area contributed by atoms with E-state index in [9.17, 15) is 29.4 Å². The number of benzene rings is 5. The van der Waals surface area contributed by atoms with Crippen LogP contribution in [0.4, 0.5) is 15.3 Å². The van der Waals surface area contributed by atoms with Crippen LogP contribution in [0.2, 0.25) is 0 Å². The molecule has 0 spiro atoms. The van der Waals surface area contributed by atoms with E-state index in [1.807, 2.05) is 114 Å². The number of likely N-dealkylation sites (tertiary alicyclic amines) is 1. The quantitative estimate of drug-likeness (QED) is 0.0331. The monoisotopic (exact) mass is 1070 g/mol. The fraction of sp³-hybridized carbons (Fsp3) is 0.339. The molecule has 0 saturated carbocycles. The molecule has 3 heterocycles. The highest BCUT2D eigenvalue weighted by Gasteiger charge is 2.39. The normalized spacial score (nSPS) is 14.4. The topological polar surface area (TPSA) is 188 Å². The van der Waals surface area contributed by atoms with Gasteiger partial charge in [0.25, 0.3) is 0 Å². The number of carbonyl (C=O) groups excluding carboxylic acids is 3. The zero-order chi connectivity index (χ0) is 55.0. The molecule has 1 saturated heterocycles. The molecule has 1 atom stereocenters. The number of nitrogens with one attached hydrogen (secondary N) is 1. The first-order chi connectivity index (χ1) is 38.5. The minimum atomic E-state index is -1.27. The second-order valence-corrected chi connectivity index (χ2v) is 20.3. The van der Waals surface area contributed by atoms with E-state index in [1.165, 1.54) is 17.1 Å². The molecule has 17 nitrogen and oxygen atoms in total. The number of carboxylic acids is 1. The fourth-order valence-electron chi connectivity index (χ4n) is 11.4. The highest BCUT2D eigenvalue weighted by atomic mass is 16.6. The molecular formula is C62H67N7O10. The van der Waals surface area contributed by atoms with E-state index in [-0.39, 0.29) is 49.6 Å². The van der Waals surface area contributed by atoms with Crippen molar-refractivity contribution in [3.8, 4) is 28.0 Å². The zero-order valence-electron chi connectivity index (χ0n) is 44.8. The van der Waals surface area contributed by atoms with Crippen LogP contribution in [0.15, 0.2) is 140 Å². The SMILES string of the molecule is CCCOCCOCCN(C(=O)OC(Nc1ccc(C(=O)O)c(O)c1)C1c2ccccc2-c2ccccc21)C1CCN(C(=O)CCn2c(CN(C)N(C)C(=O)OCC3c4ccccc4-c4ccccc43)cc3cccnc32)CC1. The third-order valence-electron chi connectivity index (χ3n) is 15.4. The molecule has 17 heteroatoms. The molecule has 7 aromatic rings. The van der Waals surface area contributed by atoms with E-state index in [2.05, 4.69) is 29.6 Å². The van der Waals surface area contributed by atoms with Crippen LogP contribution in [-0.2, 0) is 36.8 Å². The van der Waals surface area contributed by atoms with Crippen molar-refractivity contribution in [2.24, 2.45) is 0 Å². The Bertz CT molecular complexity index is 3230. The molecule has 2 aromatic heterocycles. The summed E-state index contributed by atoms with van der Waals surface area (Å²) in [6, 6.07) is 42.2. The van der Waals surface area contributed by atoms with Crippen LogP contribution in [0.5, 0.6) is 5.75 Å². The molecule has 1 fully saturated rings. The summed E-state index contributed by atoms with van der Waals surface area (Å²) in [5.41, 5.74) is 10.2. The van der Waals surface area contributed by atoms with Gasteiger partial charge in [0.05, 0.1) is 32.3 Å². The van der Waals surface area contributed by atoms with Crippen LogP contribution < -0.4 is 5.32 Å². The number of fused-ring (bicyclic) bond motifs is 7. The van der Waals surface area contributed by atoms with E-state index in [0.717, 1.165) is 67.7 Å². The van der Waals surface area contributed by atoms with E-state index in [0.29, 0.717) is 64.5 Å². The fourth-order valence-corrected chi connectivity index (χ4v) is 11.4. The van der Waals surface area contributed by atoms with Gasteiger partial charge in [-0.1, -0.05) is 104 Å². The second-order valence-electron chi connectivity index (χ2n) is 20.3. The van der Waals surface area contributed by atoms with Gasteiger partial charge in [0.15, 0.2) is 6.23 Å². The van der Waals surface area contributed by atoms with Crippen LogP contribution in [0.1, 0.15) is 82.7 Å². The summed E-state index contributed by atoms with van der Waals surface area (Å²) in [5.74, 6) is -2.27. The van der Waals surface area contributed by atoms with Crippen LogP contribution in [0.3, 0.4) is 0 Å². The number of hydrogen-bond donors (Lipinski definition) is 3. The average Bonchev–Trinajstić information content (AvgIpc) is 4.16. The Morgan fingerprint density at radius 3 is 1.96 bits per heavy atom. The van der Waals surface area contributed by atoms with Gasteiger partial charge in [-0.15, -0.1) is 0 Å². The number of pyridine rings is 1. The van der Waals surface area contributed by atoms with E-state index < -0.39 is 36.1 Å². The van der Waals surface area contributed by atoms with Crippen LogP contribution in [-0.4, -0.2) is 143 Å². The number of ether oxygens (including phenoxy) is 4. The average molecular weight is 1070 g/mol. The molecule has 0 radical (unpaired) electrons. The van der Waals surface area contributed by atoms with E-state index in [1.54, 1.807) is 29.2 Å². The van der Waals surface area contributed by atoms with Crippen molar-refractivity contribution in [3.05, 3.63) is 173 Å². The summed E-state index contributed by atoms with van der Waals surface area (Å²) in [5, 5.41) is 27.9. The Morgan fingerprint density at radius 2 is 1.34 bits per heavy atom. The number of anilines is 1. The Balaban J connectivity index is 0.805. The van der Waals surface area contributed by atoms with Gasteiger partial charge in [-0.05, 0) is 94.1 Å². The first kappa shape index (κ1) is 54.1. The number of rotatable bonds is 22. The Hall–Kier alpha value is -8.25. The maximum Gasteiger partial charge on any atom is 0.424 e. The first-order valence-corrected chi connectivity index (χ1v) is 27.1. The van der Waals surface area contributed by atoms with Gasteiger partial charge in [0.2, 0.25) is 5.91 Å². The molecule has 0 bridgehead atoms. The zero-order valence-corrected chi connectivity index (χ0v) is 44.8. The van der Waals surface area contributed by atoms with Gasteiger partial charge in [0, 0.05) is 94.3 Å². The van der Waals surface area contributed by atoms with Crippen molar-refractivity contribution in [2.45, 2.75) is 69.8 Å². The summed E-state index contributed by atoms with van der Waals surface area (Å²) in [7, 11) is 3.52. The van der Waals surface area contributed by atoms with E-state index >= 15 is 0 Å². The van der Waals surface area contributed by atoms with Crippen molar-refractivity contribution in [2.75, 3.05) is 72.1 Å². The number of carbonyl (C=O) groups is 4. The minimum absolute atomic E-state index is 0.0316. The highest BCUT2D eigenvalue weighted by Crippen LogP contribution is 2.48. The number of hydrazine groups is 1. The lowest BCUT2D eigenvalue weighted by Crippen LogP contribution is -2.51. The number of aromatic hydroxyl groups is 1. The summed E-state index contributed by atoms with van der Waals surface area (Å²) in [6.45, 7) is 5.58. The van der Waals surface area contributed by atoms with Gasteiger partial charge in [-0.3, -0.25) is 4.79 Å². The molecule has 410 valence electrons. The first-order valence-electron chi connectivity index (χ1n) is 27.1.